The molecule has 0 atom stereocenters. The van der Waals surface area contributed by atoms with Gasteiger partial charge >= 0.3 is 0 Å². The number of nitrogens with zero attached hydrogens (tertiary/aromatic N) is 6. The van der Waals surface area contributed by atoms with E-state index in [1.165, 1.54) is 6.33 Å². The summed E-state index contributed by atoms with van der Waals surface area (Å²) in [4.78, 5) is 22.1. The number of amides is 1. The second-order valence-corrected chi connectivity index (χ2v) is 4.44. The Bertz CT molecular complexity index is 586. The number of hydrogen-bond acceptors (Lipinski definition) is 5. The second kappa shape index (κ2) is 5.13. The van der Waals surface area contributed by atoms with Crippen molar-refractivity contribution >= 4 is 5.91 Å². The quantitative estimate of drug-likeness (QED) is 0.803. The maximum absolute atomic E-state index is 12.4. The Hall–Kier alpha value is -2.31. The van der Waals surface area contributed by atoms with Crippen LogP contribution in [0.5, 0.6) is 0 Å². The summed E-state index contributed by atoms with van der Waals surface area (Å²) in [7, 11) is 3.57. The van der Waals surface area contributed by atoms with E-state index in [-0.39, 0.29) is 5.91 Å². The van der Waals surface area contributed by atoms with Crippen molar-refractivity contribution in [2.45, 2.75) is 20.4 Å². The number of carbonyl (C=O) groups is 1. The summed E-state index contributed by atoms with van der Waals surface area (Å²) >= 11 is 0. The standard InChI is InChI=1S/C12H16N6O/c1-8-11(9(2)14-6-13-8)12(19)17(3)5-10-16-15-7-18(10)4/h6-7H,5H2,1-4H3. The van der Waals surface area contributed by atoms with Gasteiger partial charge in [0.25, 0.3) is 5.91 Å². The molecule has 1 amide bonds. The zero-order valence-corrected chi connectivity index (χ0v) is 11.5. The molecule has 2 heterocycles. The van der Waals surface area contributed by atoms with Crippen molar-refractivity contribution in [1.82, 2.24) is 29.6 Å². The Morgan fingerprint density at radius 2 is 1.95 bits per heavy atom. The predicted octanol–water partition coefficient (Wildman–Crippen LogP) is 0.494. The molecule has 100 valence electrons. The first-order valence-electron chi connectivity index (χ1n) is 5.87. The number of aryl methyl sites for hydroxylation is 3. The van der Waals surface area contributed by atoms with Crippen molar-refractivity contribution in [1.29, 1.82) is 0 Å². The number of carbonyl (C=O) groups excluding carboxylic acids is 1. The molecule has 0 saturated heterocycles. The average Bonchev–Trinajstić information content (AvgIpc) is 2.74. The van der Waals surface area contributed by atoms with Crippen molar-refractivity contribution in [2.24, 2.45) is 7.05 Å². The zero-order chi connectivity index (χ0) is 14.0. The molecule has 19 heavy (non-hydrogen) atoms. The first-order chi connectivity index (χ1) is 9.00. The molecule has 7 heteroatoms. The van der Waals surface area contributed by atoms with Gasteiger partial charge in [-0.3, -0.25) is 4.79 Å². The lowest BCUT2D eigenvalue weighted by atomic mass is 10.1. The molecular weight excluding hydrogens is 244 g/mol. The predicted molar refractivity (Wildman–Crippen MR) is 68.3 cm³/mol. The summed E-state index contributed by atoms with van der Waals surface area (Å²) in [5, 5.41) is 7.76. The fourth-order valence-electron chi connectivity index (χ4n) is 1.83. The summed E-state index contributed by atoms with van der Waals surface area (Å²) < 4.78 is 1.78. The Balaban J connectivity index is 2.22. The van der Waals surface area contributed by atoms with Crippen molar-refractivity contribution in [2.75, 3.05) is 7.05 Å². The van der Waals surface area contributed by atoms with E-state index in [4.69, 9.17) is 0 Å². The molecule has 0 bridgehead atoms. The van der Waals surface area contributed by atoms with Crippen molar-refractivity contribution in [3.05, 3.63) is 35.4 Å². The van der Waals surface area contributed by atoms with Gasteiger partial charge < -0.3 is 9.47 Å². The molecule has 0 N–H and O–H groups in total. The van der Waals surface area contributed by atoms with E-state index in [9.17, 15) is 4.79 Å². The minimum absolute atomic E-state index is 0.112. The zero-order valence-electron chi connectivity index (χ0n) is 11.5. The van der Waals surface area contributed by atoms with Crippen LogP contribution in [0.15, 0.2) is 12.7 Å². The molecular formula is C12H16N6O. The lowest BCUT2D eigenvalue weighted by Crippen LogP contribution is -2.29. The van der Waals surface area contributed by atoms with Crippen LogP contribution in [0.4, 0.5) is 0 Å². The van der Waals surface area contributed by atoms with E-state index in [0.29, 0.717) is 23.5 Å². The van der Waals surface area contributed by atoms with Crippen LogP contribution >= 0.6 is 0 Å². The highest BCUT2D eigenvalue weighted by molar-refractivity contribution is 5.95. The monoisotopic (exact) mass is 260 g/mol. The Kier molecular flexibility index (Phi) is 3.55. The van der Waals surface area contributed by atoms with Gasteiger partial charge in [0.15, 0.2) is 5.82 Å². The van der Waals surface area contributed by atoms with Crippen LogP contribution in [0.1, 0.15) is 27.6 Å². The van der Waals surface area contributed by atoms with E-state index < -0.39 is 0 Å². The largest absolute Gasteiger partial charge is 0.334 e. The maximum atomic E-state index is 12.4. The fraction of sp³-hybridized carbons (Fsp3) is 0.417. The minimum atomic E-state index is -0.112. The van der Waals surface area contributed by atoms with E-state index in [0.717, 1.165) is 5.82 Å². The van der Waals surface area contributed by atoms with Crippen LogP contribution in [-0.2, 0) is 13.6 Å². The van der Waals surface area contributed by atoms with E-state index in [2.05, 4.69) is 20.2 Å². The van der Waals surface area contributed by atoms with Gasteiger partial charge in [0.1, 0.15) is 12.7 Å². The van der Waals surface area contributed by atoms with E-state index >= 15 is 0 Å². The number of rotatable bonds is 3. The summed E-state index contributed by atoms with van der Waals surface area (Å²) in [6, 6.07) is 0. The molecule has 0 unspecified atom stereocenters. The Morgan fingerprint density at radius 3 is 2.47 bits per heavy atom. The minimum Gasteiger partial charge on any atom is -0.334 e. The van der Waals surface area contributed by atoms with Gasteiger partial charge in [-0.25, -0.2) is 9.97 Å². The SMILES string of the molecule is Cc1ncnc(C)c1C(=O)N(C)Cc1nncn1C. The molecule has 0 aliphatic carbocycles. The van der Waals surface area contributed by atoms with Crippen molar-refractivity contribution in [3.63, 3.8) is 0 Å². The lowest BCUT2D eigenvalue weighted by Gasteiger charge is -2.18. The first-order valence-corrected chi connectivity index (χ1v) is 5.87. The molecule has 7 nitrogen and oxygen atoms in total. The Labute approximate surface area is 111 Å². The third-order valence-electron chi connectivity index (χ3n) is 2.97. The topological polar surface area (TPSA) is 76.8 Å². The first kappa shape index (κ1) is 13.1. The summed E-state index contributed by atoms with van der Waals surface area (Å²) in [6.45, 7) is 4.00. The fourth-order valence-corrected chi connectivity index (χ4v) is 1.83. The number of aromatic nitrogens is 5. The molecule has 0 aromatic carbocycles. The van der Waals surface area contributed by atoms with Crippen LogP contribution in [0.3, 0.4) is 0 Å². The van der Waals surface area contributed by atoms with Gasteiger partial charge in [-0.1, -0.05) is 0 Å². The van der Waals surface area contributed by atoms with Crippen molar-refractivity contribution in [3.8, 4) is 0 Å². The Morgan fingerprint density at radius 1 is 1.32 bits per heavy atom. The molecule has 0 radical (unpaired) electrons. The molecule has 0 aliphatic heterocycles. The van der Waals surface area contributed by atoms with Crippen molar-refractivity contribution < 1.29 is 4.79 Å². The van der Waals surface area contributed by atoms with Gasteiger partial charge in [-0.05, 0) is 13.8 Å². The van der Waals surface area contributed by atoms with Gasteiger partial charge in [-0.15, -0.1) is 10.2 Å². The molecule has 0 aliphatic rings. The van der Waals surface area contributed by atoms with E-state index in [1.54, 1.807) is 36.7 Å². The molecule has 0 spiro atoms. The average molecular weight is 260 g/mol. The smallest absolute Gasteiger partial charge is 0.257 e. The maximum Gasteiger partial charge on any atom is 0.257 e. The second-order valence-electron chi connectivity index (χ2n) is 4.44. The van der Waals surface area contributed by atoms with Crippen LogP contribution in [0, 0.1) is 13.8 Å². The normalized spacial score (nSPS) is 10.5. The third kappa shape index (κ3) is 2.59. The molecule has 0 fully saturated rings. The number of hydrogen-bond donors (Lipinski definition) is 0. The molecule has 2 aromatic rings. The molecule has 2 rings (SSSR count). The highest BCUT2D eigenvalue weighted by Crippen LogP contribution is 2.12. The van der Waals surface area contributed by atoms with Gasteiger partial charge in [0.2, 0.25) is 0 Å². The molecule has 0 saturated carbocycles. The summed E-state index contributed by atoms with van der Waals surface area (Å²) in [5.74, 6) is 0.613. The van der Waals surface area contributed by atoms with Crippen LogP contribution in [0.2, 0.25) is 0 Å². The summed E-state index contributed by atoms with van der Waals surface area (Å²) in [6.07, 6.45) is 3.07. The highest BCUT2D eigenvalue weighted by atomic mass is 16.2. The van der Waals surface area contributed by atoms with E-state index in [1.807, 2.05) is 7.05 Å². The van der Waals surface area contributed by atoms with Crippen LogP contribution < -0.4 is 0 Å². The van der Waals surface area contributed by atoms with Gasteiger partial charge in [-0.2, -0.15) is 0 Å². The molecule has 2 aromatic heterocycles. The lowest BCUT2D eigenvalue weighted by molar-refractivity contribution is 0.0778. The summed E-state index contributed by atoms with van der Waals surface area (Å²) in [5.41, 5.74) is 1.91. The third-order valence-corrected chi connectivity index (χ3v) is 2.97. The van der Waals surface area contributed by atoms with Crippen LogP contribution in [-0.4, -0.2) is 42.6 Å². The highest BCUT2D eigenvalue weighted by Gasteiger charge is 2.19. The van der Waals surface area contributed by atoms with Gasteiger partial charge in [0, 0.05) is 14.1 Å². The van der Waals surface area contributed by atoms with Gasteiger partial charge in [0.05, 0.1) is 23.5 Å². The van der Waals surface area contributed by atoms with Crippen LogP contribution in [0.25, 0.3) is 0 Å².